The lowest BCUT2D eigenvalue weighted by Crippen LogP contribution is -2.67. The van der Waals surface area contributed by atoms with Crippen LogP contribution >= 0.6 is 0 Å². The number of aromatic nitrogens is 1. The van der Waals surface area contributed by atoms with Gasteiger partial charge in [0.25, 0.3) is 0 Å². The zero-order valence-electron chi connectivity index (χ0n) is 18.8. The first-order chi connectivity index (χ1) is 15.9. The average molecular weight is 452 g/mol. The molecule has 1 aromatic heterocycles. The maximum atomic E-state index is 14.0. The van der Waals surface area contributed by atoms with E-state index in [0.29, 0.717) is 34.2 Å². The number of methoxy groups -OCH3 is 1. The second-order valence-electron chi connectivity index (χ2n) is 9.54. The summed E-state index contributed by atoms with van der Waals surface area (Å²) in [6.07, 6.45) is 4.85. The quantitative estimate of drug-likeness (QED) is 0.416. The van der Waals surface area contributed by atoms with E-state index in [1.165, 1.54) is 12.1 Å². The van der Waals surface area contributed by atoms with Crippen molar-refractivity contribution in [1.29, 1.82) is 0 Å². The summed E-state index contributed by atoms with van der Waals surface area (Å²) in [6, 6.07) is 11.2. The molecule has 4 heterocycles. The predicted octanol–water partition coefficient (Wildman–Crippen LogP) is 5.17. The topological polar surface area (TPSA) is 42.4 Å². The van der Waals surface area contributed by atoms with E-state index in [4.69, 9.17) is 4.74 Å². The molecule has 33 heavy (non-hydrogen) atoms. The van der Waals surface area contributed by atoms with E-state index < -0.39 is 17.7 Å². The van der Waals surface area contributed by atoms with Crippen LogP contribution in [0.15, 0.2) is 61.3 Å². The first kappa shape index (κ1) is 22.0. The van der Waals surface area contributed by atoms with E-state index in [-0.39, 0.29) is 6.04 Å². The lowest BCUT2D eigenvalue weighted by atomic mass is 9.71. The predicted molar refractivity (Wildman–Crippen MR) is 124 cm³/mol. The van der Waals surface area contributed by atoms with Gasteiger partial charge in [-0.05, 0) is 47.9 Å². The van der Waals surface area contributed by atoms with Gasteiger partial charge >= 0.3 is 0 Å². The van der Waals surface area contributed by atoms with Gasteiger partial charge in [-0.25, -0.2) is 8.78 Å². The molecule has 2 bridgehead atoms. The largest absolute Gasteiger partial charge is 0.497 e. The minimum atomic E-state index is -0.741. The Bertz CT molecular complexity index is 1180. The molecule has 0 radical (unpaired) electrons. The summed E-state index contributed by atoms with van der Waals surface area (Å²) in [5.74, 6) is 0.351. The Morgan fingerprint density at radius 1 is 1.21 bits per heavy atom. The smallest absolute Gasteiger partial charge is 0.131 e. The molecule has 1 N–H and O–H groups in total. The Labute approximate surface area is 192 Å². The number of pyridine rings is 1. The van der Waals surface area contributed by atoms with Crippen molar-refractivity contribution < 1.29 is 23.1 Å². The molecule has 3 aromatic rings. The molecular weight excluding hydrogens is 422 g/mol. The summed E-state index contributed by atoms with van der Waals surface area (Å²) >= 11 is 0. The number of nitrogens with zero attached hydrogens (tertiary/aromatic N) is 2. The third-order valence-electron chi connectivity index (χ3n) is 7.76. The molecule has 6 heteroatoms. The molecule has 0 spiro atoms. The molecule has 3 aliphatic rings. The van der Waals surface area contributed by atoms with Crippen molar-refractivity contribution in [2.75, 3.05) is 20.2 Å². The summed E-state index contributed by atoms with van der Waals surface area (Å²) in [6.45, 7) is 6.18. The second-order valence-corrected chi connectivity index (χ2v) is 9.54. The minimum absolute atomic E-state index is 0.0944. The van der Waals surface area contributed by atoms with E-state index in [2.05, 4.69) is 11.6 Å². The minimum Gasteiger partial charge on any atom is -0.497 e. The van der Waals surface area contributed by atoms with E-state index in [1.54, 1.807) is 13.3 Å². The zero-order valence-corrected chi connectivity index (χ0v) is 18.8. The molecule has 3 saturated heterocycles. The van der Waals surface area contributed by atoms with Gasteiger partial charge in [0, 0.05) is 42.0 Å². The maximum Gasteiger partial charge on any atom is 0.131 e. The van der Waals surface area contributed by atoms with Crippen LogP contribution in [0.3, 0.4) is 0 Å². The number of rotatable bonds is 6. The fraction of sp³-hybridized carbons (Fsp3) is 0.370. The second kappa shape index (κ2) is 8.50. The standard InChI is InChI=1S/C27H29F2N2O2/c1-3-18-16-31(15-17-10-20(28)13-21(29)11-17)9-7-19(18)12-26(31)27(32)23-6-8-30-25-5-4-22(33-2)14-24(23)25/h3-6,8,10-11,13-14,18-19,26-27,32H,1,7,9,12,15-16H2,2H3/q+1/t18?,19?,26?,27-,31?/m1/s1. The first-order valence-corrected chi connectivity index (χ1v) is 11.5. The highest BCUT2D eigenvalue weighted by molar-refractivity contribution is 5.83. The average Bonchev–Trinajstić information content (AvgIpc) is 2.82. The van der Waals surface area contributed by atoms with Gasteiger partial charge in [0.1, 0.15) is 36.1 Å². The van der Waals surface area contributed by atoms with Gasteiger partial charge in [-0.15, -0.1) is 6.58 Å². The number of halogens is 2. The monoisotopic (exact) mass is 451 g/mol. The number of ether oxygens (including phenoxy) is 1. The highest BCUT2D eigenvalue weighted by Crippen LogP contribution is 2.48. The molecule has 0 amide bonds. The molecule has 3 aliphatic heterocycles. The summed E-state index contributed by atoms with van der Waals surface area (Å²) in [5, 5.41) is 12.6. The van der Waals surface area contributed by atoms with E-state index in [9.17, 15) is 13.9 Å². The van der Waals surface area contributed by atoms with Gasteiger partial charge in [0.15, 0.2) is 0 Å². The van der Waals surface area contributed by atoms with Crippen LogP contribution < -0.4 is 4.74 Å². The number of piperidine rings is 3. The van der Waals surface area contributed by atoms with E-state index in [0.717, 1.165) is 48.5 Å². The number of fused-ring (bicyclic) bond motifs is 4. The Balaban J connectivity index is 1.57. The Hall–Kier alpha value is -2.83. The maximum absolute atomic E-state index is 14.0. The van der Waals surface area contributed by atoms with Crippen LogP contribution in [0.1, 0.15) is 30.1 Å². The highest BCUT2D eigenvalue weighted by atomic mass is 19.1. The number of benzene rings is 2. The van der Waals surface area contributed by atoms with Gasteiger partial charge < -0.3 is 14.3 Å². The molecule has 0 aliphatic carbocycles. The molecular formula is C27H29F2N2O2+. The van der Waals surface area contributed by atoms with Crippen LogP contribution in [0, 0.1) is 23.5 Å². The molecule has 172 valence electrons. The van der Waals surface area contributed by atoms with Gasteiger partial charge in [-0.2, -0.15) is 0 Å². The molecule has 0 saturated carbocycles. The van der Waals surface area contributed by atoms with Crippen LogP contribution in [0.2, 0.25) is 0 Å². The molecule has 5 atom stereocenters. The number of quaternary nitrogens is 1. The number of hydrogen-bond donors (Lipinski definition) is 1. The van der Waals surface area contributed by atoms with Crippen molar-refractivity contribution in [3.05, 3.63) is 84.1 Å². The fourth-order valence-corrected chi connectivity index (χ4v) is 6.19. The van der Waals surface area contributed by atoms with Crippen molar-refractivity contribution in [3.63, 3.8) is 0 Å². The summed E-state index contributed by atoms with van der Waals surface area (Å²) < 4.78 is 34.0. The van der Waals surface area contributed by atoms with Crippen molar-refractivity contribution in [3.8, 4) is 5.75 Å². The summed E-state index contributed by atoms with van der Waals surface area (Å²) in [4.78, 5) is 4.45. The Kier molecular flexibility index (Phi) is 5.67. The van der Waals surface area contributed by atoms with Crippen LogP contribution in [0.25, 0.3) is 10.9 Å². The van der Waals surface area contributed by atoms with Crippen LogP contribution in [0.4, 0.5) is 8.78 Å². The Morgan fingerprint density at radius 2 is 2.00 bits per heavy atom. The van der Waals surface area contributed by atoms with Gasteiger partial charge in [0.2, 0.25) is 0 Å². The number of aliphatic hydroxyl groups excluding tert-OH is 1. The van der Waals surface area contributed by atoms with Gasteiger partial charge in [-0.3, -0.25) is 4.98 Å². The van der Waals surface area contributed by atoms with Crippen molar-refractivity contribution in [2.45, 2.75) is 31.5 Å². The lowest BCUT2D eigenvalue weighted by molar-refractivity contribution is -0.985. The third-order valence-corrected chi connectivity index (χ3v) is 7.76. The Morgan fingerprint density at radius 3 is 2.73 bits per heavy atom. The lowest BCUT2D eigenvalue weighted by Gasteiger charge is -2.58. The number of hydrogen-bond acceptors (Lipinski definition) is 3. The fourth-order valence-electron chi connectivity index (χ4n) is 6.19. The zero-order chi connectivity index (χ0) is 23.2. The summed E-state index contributed by atoms with van der Waals surface area (Å²) in [5.41, 5.74) is 2.23. The van der Waals surface area contributed by atoms with Crippen molar-refractivity contribution >= 4 is 10.9 Å². The molecule has 3 fully saturated rings. The van der Waals surface area contributed by atoms with Gasteiger partial charge in [-0.1, -0.05) is 6.08 Å². The van der Waals surface area contributed by atoms with E-state index in [1.807, 2.05) is 30.3 Å². The van der Waals surface area contributed by atoms with Crippen molar-refractivity contribution in [1.82, 2.24) is 4.98 Å². The molecule has 4 nitrogen and oxygen atoms in total. The van der Waals surface area contributed by atoms with Crippen molar-refractivity contribution in [2.24, 2.45) is 11.8 Å². The SMILES string of the molecule is C=CC1C[N+]2(Cc3cc(F)cc(F)c3)CCC1CC2[C@H](O)c1ccnc2ccc(OC)cc12. The first-order valence-electron chi connectivity index (χ1n) is 11.5. The third kappa shape index (κ3) is 3.91. The highest BCUT2D eigenvalue weighted by Gasteiger charge is 2.54. The molecule has 2 aromatic carbocycles. The summed E-state index contributed by atoms with van der Waals surface area (Å²) in [7, 11) is 1.62. The van der Waals surface area contributed by atoms with E-state index >= 15 is 0 Å². The normalized spacial score (nSPS) is 27.5. The molecule has 4 unspecified atom stereocenters. The van der Waals surface area contributed by atoms with Gasteiger partial charge in [0.05, 0.1) is 25.7 Å². The number of aliphatic hydroxyl groups is 1. The van der Waals surface area contributed by atoms with Crippen LogP contribution in [0.5, 0.6) is 5.75 Å². The molecule has 6 rings (SSSR count). The van der Waals surface area contributed by atoms with Crippen LogP contribution in [-0.4, -0.2) is 40.8 Å². The van der Waals surface area contributed by atoms with Crippen LogP contribution in [-0.2, 0) is 6.54 Å².